The number of piperidine rings is 1. The highest BCUT2D eigenvalue weighted by Crippen LogP contribution is 2.46. The van der Waals surface area contributed by atoms with Crippen molar-refractivity contribution in [3.8, 4) is 17.3 Å². The molecule has 160 valence electrons. The van der Waals surface area contributed by atoms with Crippen molar-refractivity contribution in [2.24, 2.45) is 0 Å². The van der Waals surface area contributed by atoms with Crippen LogP contribution in [0.1, 0.15) is 47.8 Å². The molecule has 8 heteroatoms. The predicted molar refractivity (Wildman–Crippen MR) is 123 cm³/mol. The van der Waals surface area contributed by atoms with E-state index in [1.807, 2.05) is 24.3 Å². The summed E-state index contributed by atoms with van der Waals surface area (Å²) in [5.74, 6) is 1.32. The molecule has 31 heavy (non-hydrogen) atoms. The van der Waals surface area contributed by atoms with Gasteiger partial charge in [0.15, 0.2) is 0 Å². The van der Waals surface area contributed by atoms with Crippen molar-refractivity contribution < 1.29 is 9.26 Å². The molecule has 2 aromatic heterocycles. The van der Waals surface area contributed by atoms with Crippen LogP contribution in [0.5, 0.6) is 0 Å². The van der Waals surface area contributed by atoms with Gasteiger partial charge in [0.05, 0.1) is 22.8 Å². The highest BCUT2D eigenvalue weighted by molar-refractivity contribution is 7.11. The van der Waals surface area contributed by atoms with Crippen molar-refractivity contribution in [2.45, 2.75) is 44.3 Å². The van der Waals surface area contributed by atoms with Gasteiger partial charge < -0.3 is 14.2 Å². The van der Waals surface area contributed by atoms with Crippen molar-refractivity contribution >= 4 is 40.2 Å². The largest absolute Gasteiger partial charge is 0.373 e. The van der Waals surface area contributed by atoms with Crippen LogP contribution in [0.25, 0.3) is 11.3 Å². The number of nitriles is 1. The lowest BCUT2D eigenvalue weighted by Gasteiger charge is -2.32. The van der Waals surface area contributed by atoms with Crippen molar-refractivity contribution in [1.29, 1.82) is 5.26 Å². The number of benzene rings is 1. The van der Waals surface area contributed by atoms with E-state index >= 15 is 0 Å². The number of thiophene rings is 1. The zero-order valence-corrected chi connectivity index (χ0v) is 19.1. The molecule has 2 fully saturated rings. The van der Waals surface area contributed by atoms with E-state index in [9.17, 15) is 0 Å². The fraction of sp³-hybridized carbons (Fsp3) is 0.391. The Bertz CT molecular complexity index is 1100. The maximum absolute atomic E-state index is 9.05. The molecule has 1 aliphatic carbocycles. The number of halogens is 2. The first-order valence-corrected chi connectivity index (χ1v) is 12.1. The molecule has 0 bridgehead atoms. The molecule has 5 nitrogen and oxygen atoms in total. The maximum atomic E-state index is 9.05. The molecule has 5 rings (SSSR count). The fourth-order valence-electron chi connectivity index (χ4n) is 4.08. The monoisotopic (exact) mass is 473 g/mol. The molecule has 3 heterocycles. The van der Waals surface area contributed by atoms with Crippen LogP contribution >= 0.6 is 34.5 Å². The van der Waals surface area contributed by atoms with Crippen molar-refractivity contribution in [1.82, 2.24) is 5.16 Å². The number of anilines is 1. The molecule has 3 aromatic rings. The summed E-state index contributed by atoms with van der Waals surface area (Å²) in [5.41, 5.74) is 3.50. The standard InChI is InChI=1S/C23H21Cl2N3O2S/c24-19-2-1-3-20(25)21(19)22-18(23(30-27-22)14-4-5-14)12-29-16-6-8-28(9-7-16)15-10-17(11-26)31-13-15/h1-3,10,13-14,16H,4-9,12H2. The Morgan fingerprint density at radius 1 is 1.19 bits per heavy atom. The average Bonchev–Trinajstić information content (AvgIpc) is 3.36. The van der Waals surface area contributed by atoms with Gasteiger partial charge in [-0.1, -0.05) is 34.4 Å². The van der Waals surface area contributed by atoms with Gasteiger partial charge >= 0.3 is 0 Å². The number of nitrogens with zero attached hydrogens (tertiary/aromatic N) is 3. The van der Waals surface area contributed by atoms with E-state index in [1.54, 1.807) is 0 Å². The topological polar surface area (TPSA) is 62.3 Å². The third kappa shape index (κ3) is 4.33. The molecule has 1 aromatic carbocycles. The minimum Gasteiger partial charge on any atom is -0.373 e. The van der Waals surface area contributed by atoms with E-state index in [0.717, 1.165) is 60.7 Å². The van der Waals surface area contributed by atoms with Crippen LogP contribution in [-0.4, -0.2) is 24.4 Å². The van der Waals surface area contributed by atoms with Crippen LogP contribution in [0.4, 0.5) is 5.69 Å². The third-order valence-electron chi connectivity index (χ3n) is 5.93. The molecule has 0 radical (unpaired) electrons. The summed E-state index contributed by atoms with van der Waals surface area (Å²) < 4.78 is 12.1. The summed E-state index contributed by atoms with van der Waals surface area (Å²) in [6.45, 7) is 2.26. The van der Waals surface area contributed by atoms with E-state index in [2.05, 4.69) is 21.5 Å². The summed E-state index contributed by atoms with van der Waals surface area (Å²) in [6.07, 6.45) is 4.26. The van der Waals surface area contributed by atoms with Crippen LogP contribution in [0.2, 0.25) is 10.0 Å². The molecule has 0 unspecified atom stereocenters. The number of aromatic nitrogens is 1. The van der Waals surface area contributed by atoms with Gasteiger partial charge in [-0.25, -0.2) is 0 Å². The molecule has 0 N–H and O–H groups in total. The van der Waals surface area contributed by atoms with Gasteiger partial charge in [0.2, 0.25) is 0 Å². The van der Waals surface area contributed by atoms with Gasteiger partial charge in [-0.2, -0.15) is 5.26 Å². The SMILES string of the molecule is N#Cc1cc(N2CCC(OCc3c(-c4c(Cl)cccc4Cl)noc3C3CC3)CC2)cs1. The molecule has 0 amide bonds. The second kappa shape index (κ2) is 8.84. The van der Waals surface area contributed by atoms with Gasteiger partial charge in [0, 0.05) is 41.2 Å². The molecule has 0 spiro atoms. The first kappa shape index (κ1) is 20.8. The summed E-state index contributed by atoms with van der Waals surface area (Å²) >= 11 is 14.4. The third-order valence-corrected chi connectivity index (χ3v) is 7.38. The van der Waals surface area contributed by atoms with Crippen LogP contribution in [-0.2, 0) is 11.3 Å². The summed E-state index contributed by atoms with van der Waals surface area (Å²) in [5, 5.41) is 16.6. The van der Waals surface area contributed by atoms with Crippen LogP contribution < -0.4 is 4.90 Å². The number of ether oxygens (including phenoxy) is 1. The first-order chi connectivity index (χ1) is 15.1. The van der Waals surface area contributed by atoms with Crippen LogP contribution in [0.15, 0.2) is 34.2 Å². The van der Waals surface area contributed by atoms with E-state index < -0.39 is 0 Å². The molecular weight excluding hydrogens is 453 g/mol. The molecule has 1 saturated heterocycles. The smallest absolute Gasteiger partial charge is 0.145 e. The number of hydrogen-bond donors (Lipinski definition) is 0. The lowest BCUT2D eigenvalue weighted by Crippen LogP contribution is -2.36. The Morgan fingerprint density at radius 2 is 1.94 bits per heavy atom. The Morgan fingerprint density at radius 3 is 2.58 bits per heavy atom. The maximum Gasteiger partial charge on any atom is 0.145 e. The Hall–Kier alpha value is -2.04. The van der Waals surface area contributed by atoms with Gasteiger partial charge in [-0.3, -0.25) is 0 Å². The van der Waals surface area contributed by atoms with E-state index in [0.29, 0.717) is 33.8 Å². The number of hydrogen-bond acceptors (Lipinski definition) is 6. The van der Waals surface area contributed by atoms with Crippen LogP contribution in [0.3, 0.4) is 0 Å². The minimum absolute atomic E-state index is 0.168. The highest BCUT2D eigenvalue weighted by atomic mass is 35.5. The van der Waals surface area contributed by atoms with Gasteiger partial charge in [-0.05, 0) is 43.9 Å². The normalized spacial score (nSPS) is 17.1. The molecule has 1 saturated carbocycles. The highest BCUT2D eigenvalue weighted by Gasteiger charge is 2.34. The first-order valence-electron chi connectivity index (χ1n) is 10.4. The molecule has 2 aliphatic rings. The molecular formula is C23H21Cl2N3O2S. The summed E-state index contributed by atoms with van der Waals surface area (Å²) in [6, 6.07) is 9.63. The van der Waals surface area contributed by atoms with Gasteiger partial charge in [0.25, 0.3) is 0 Å². The van der Waals surface area contributed by atoms with Gasteiger partial charge in [0.1, 0.15) is 22.4 Å². The Balaban J connectivity index is 1.29. The van der Waals surface area contributed by atoms with Crippen molar-refractivity contribution in [2.75, 3.05) is 18.0 Å². The van der Waals surface area contributed by atoms with Gasteiger partial charge in [-0.15, -0.1) is 11.3 Å². The van der Waals surface area contributed by atoms with E-state index in [1.165, 1.54) is 11.3 Å². The minimum atomic E-state index is 0.168. The lowest BCUT2D eigenvalue weighted by molar-refractivity contribution is 0.0246. The quantitative estimate of drug-likeness (QED) is 0.401. The Kier molecular flexibility index (Phi) is 5.94. The fourth-order valence-corrected chi connectivity index (χ4v) is 5.36. The second-order valence-corrected chi connectivity index (χ2v) is 9.75. The van der Waals surface area contributed by atoms with E-state index in [4.69, 9.17) is 37.7 Å². The molecule has 0 atom stereocenters. The zero-order chi connectivity index (χ0) is 21.4. The van der Waals surface area contributed by atoms with Crippen LogP contribution in [0, 0.1) is 11.3 Å². The van der Waals surface area contributed by atoms with E-state index in [-0.39, 0.29) is 6.10 Å². The number of rotatable bonds is 6. The summed E-state index contributed by atoms with van der Waals surface area (Å²) in [7, 11) is 0. The van der Waals surface area contributed by atoms with Crippen molar-refractivity contribution in [3.63, 3.8) is 0 Å². The summed E-state index contributed by atoms with van der Waals surface area (Å²) in [4.78, 5) is 3.07. The Labute approximate surface area is 195 Å². The average molecular weight is 474 g/mol. The van der Waals surface area contributed by atoms with Crippen molar-refractivity contribution in [3.05, 3.63) is 55.9 Å². The zero-order valence-electron chi connectivity index (χ0n) is 16.8. The lowest BCUT2D eigenvalue weighted by atomic mass is 10.0. The second-order valence-electron chi connectivity index (χ2n) is 8.02. The molecule has 1 aliphatic heterocycles. The predicted octanol–water partition coefficient (Wildman–Crippen LogP) is 6.64.